The van der Waals surface area contributed by atoms with Gasteiger partial charge in [0.05, 0.1) is 11.2 Å². The summed E-state index contributed by atoms with van der Waals surface area (Å²) in [7, 11) is 0. The number of aliphatic hydroxyl groups is 1. The summed E-state index contributed by atoms with van der Waals surface area (Å²) < 4.78 is 0. The highest BCUT2D eigenvalue weighted by molar-refractivity contribution is 5.33. The maximum Gasteiger partial charge on any atom is 0.269 e. The molecule has 0 heterocycles. The maximum atomic E-state index is 10.3. The molecule has 0 spiro atoms. The fraction of sp³-hybridized carbons (Fsp3) is 0.111. The van der Waals surface area contributed by atoms with Gasteiger partial charge in [0, 0.05) is 12.1 Å². The average Bonchev–Trinajstić information content (AvgIpc) is 2.15. The molecule has 1 N–H and O–H groups in total. The van der Waals surface area contributed by atoms with Crippen molar-refractivity contribution in [1.82, 2.24) is 0 Å². The Morgan fingerprint density at radius 2 is 2.00 bits per heavy atom. The molecule has 1 rings (SSSR count). The van der Waals surface area contributed by atoms with Crippen LogP contribution in [0.25, 0.3) is 0 Å². The lowest BCUT2D eigenvalue weighted by atomic mass is 10.1. The molecule has 0 unspecified atom stereocenters. The third-order valence-corrected chi connectivity index (χ3v) is 1.61. The zero-order chi connectivity index (χ0) is 9.68. The van der Waals surface area contributed by atoms with Crippen LogP contribution in [0.3, 0.4) is 0 Å². The first-order valence-corrected chi connectivity index (χ1v) is 3.76. The van der Waals surface area contributed by atoms with Gasteiger partial charge < -0.3 is 5.11 Å². The molecule has 1 aromatic carbocycles. The van der Waals surface area contributed by atoms with E-state index in [9.17, 15) is 10.1 Å². The van der Waals surface area contributed by atoms with Gasteiger partial charge in [0.1, 0.15) is 0 Å². The van der Waals surface area contributed by atoms with Gasteiger partial charge in [-0.05, 0) is 18.1 Å². The summed E-state index contributed by atoms with van der Waals surface area (Å²) in [5, 5.41) is 18.7. The summed E-state index contributed by atoms with van der Waals surface area (Å²) in [5.41, 5.74) is 1.01. The van der Waals surface area contributed by atoms with Crippen molar-refractivity contribution in [3.8, 4) is 0 Å². The van der Waals surface area contributed by atoms with Crippen LogP contribution in [0.15, 0.2) is 36.6 Å². The van der Waals surface area contributed by atoms with E-state index in [0.717, 1.165) is 11.8 Å². The van der Waals surface area contributed by atoms with Crippen LogP contribution in [0.4, 0.5) is 5.69 Å². The number of hydrogen-bond acceptors (Lipinski definition) is 3. The minimum atomic E-state index is -0.439. The second-order valence-electron chi connectivity index (χ2n) is 2.51. The second kappa shape index (κ2) is 4.25. The Morgan fingerprint density at radius 1 is 1.38 bits per heavy atom. The molecule has 0 aliphatic carbocycles. The van der Waals surface area contributed by atoms with Gasteiger partial charge in [-0.3, -0.25) is 10.1 Å². The number of non-ortho nitro benzene ring substituents is 1. The van der Waals surface area contributed by atoms with E-state index in [1.807, 2.05) is 0 Å². The normalized spacial score (nSPS) is 10.5. The number of nitrogens with zero attached hydrogens (tertiary/aromatic N) is 1. The van der Waals surface area contributed by atoms with E-state index in [1.54, 1.807) is 18.2 Å². The van der Waals surface area contributed by atoms with Crippen molar-refractivity contribution in [1.29, 1.82) is 0 Å². The Labute approximate surface area is 75.3 Å². The Bertz CT molecular complexity index is 316. The number of aliphatic hydroxyl groups excluding tert-OH is 1. The van der Waals surface area contributed by atoms with E-state index in [-0.39, 0.29) is 5.69 Å². The maximum absolute atomic E-state index is 10.3. The van der Waals surface area contributed by atoms with Crippen LogP contribution in [-0.2, 0) is 6.42 Å². The molecule has 0 amide bonds. The molecule has 0 aliphatic rings. The van der Waals surface area contributed by atoms with Crippen LogP contribution in [0.5, 0.6) is 0 Å². The van der Waals surface area contributed by atoms with Crippen molar-refractivity contribution in [2.45, 2.75) is 6.42 Å². The van der Waals surface area contributed by atoms with Crippen molar-refractivity contribution in [2.75, 3.05) is 0 Å². The van der Waals surface area contributed by atoms with E-state index in [1.165, 1.54) is 12.1 Å². The lowest BCUT2D eigenvalue weighted by Gasteiger charge is -1.94. The van der Waals surface area contributed by atoms with E-state index >= 15 is 0 Å². The lowest BCUT2D eigenvalue weighted by molar-refractivity contribution is -0.384. The van der Waals surface area contributed by atoms with E-state index in [0.29, 0.717) is 6.42 Å². The molecule has 0 radical (unpaired) electrons. The van der Waals surface area contributed by atoms with Crippen molar-refractivity contribution >= 4 is 5.69 Å². The fourth-order valence-corrected chi connectivity index (χ4v) is 0.943. The highest BCUT2D eigenvalue weighted by atomic mass is 16.6. The minimum Gasteiger partial charge on any atom is -0.516 e. The summed E-state index contributed by atoms with van der Waals surface area (Å²) in [4.78, 5) is 9.84. The molecule has 0 saturated heterocycles. The fourth-order valence-electron chi connectivity index (χ4n) is 0.943. The number of benzene rings is 1. The highest BCUT2D eigenvalue weighted by Crippen LogP contribution is 2.12. The third kappa shape index (κ3) is 2.59. The van der Waals surface area contributed by atoms with E-state index in [2.05, 4.69) is 0 Å². The van der Waals surface area contributed by atoms with Gasteiger partial charge in [-0.15, -0.1) is 0 Å². The smallest absolute Gasteiger partial charge is 0.269 e. The SMILES string of the molecule is O=[N+]([O-])c1ccc(CC=CO)cc1. The monoisotopic (exact) mass is 179 g/mol. The predicted octanol–water partition coefficient (Wildman–Crippen LogP) is 2.21. The molecule has 68 valence electrons. The topological polar surface area (TPSA) is 63.4 Å². The molecular formula is C9H9NO3. The van der Waals surface area contributed by atoms with Crippen LogP contribution in [0.1, 0.15) is 5.56 Å². The van der Waals surface area contributed by atoms with Crippen molar-refractivity contribution < 1.29 is 10.0 Å². The molecule has 0 aromatic heterocycles. The number of hydrogen-bond donors (Lipinski definition) is 1. The Hall–Kier alpha value is -1.84. The molecule has 0 bridgehead atoms. The molecule has 1 aromatic rings. The van der Waals surface area contributed by atoms with Gasteiger partial charge in [0.15, 0.2) is 0 Å². The molecule has 4 heteroatoms. The van der Waals surface area contributed by atoms with Crippen LogP contribution in [0, 0.1) is 10.1 Å². The zero-order valence-electron chi connectivity index (χ0n) is 6.88. The largest absolute Gasteiger partial charge is 0.516 e. The van der Waals surface area contributed by atoms with Gasteiger partial charge in [-0.2, -0.15) is 0 Å². The number of allylic oxidation sites excluding steroid dienone is 1. The molecule has 0 saturated carbocycles. The zero-order valence-corrected chi connectivity index (χ0v) is 6.88. The van der Waals surface area contributed by atoms with Gasteiger partial charge in [0.2, 0.25) is 0 Å². The summed E-state index contributed by atoms with van der Waals surface area (Å²) in [6.45, 7) is 0. The van der Waals surface area contributed by atoms with Crippen molar-refractivity contribution in [3.05, 3.63) is 52.3 Å². The number of rotatable bonds is 3. The Kier molecular flexibility index (Phi) is 3.03. The van der Waals surface area contributed by atoms with Gasteiger partial charge in [-0.25, -0.2) is 0 Å². The van der Waals surface area contributed by atoms with Gasteiger partial charge >= 0.3 is 0 Å². The molecular weight excluding hydrogens is 170 g/mol. The van der Waals surface area contributed by atoms with Crippen LogP contribution < -0.4 is 0 Å². The first kappa shape index (κ1) is 9.25. The first-order chi connectivity index (χ1) is 6.24. The van der Waals surface area contributed by atoms with Gasteiger partial charge in [0.25, 0.3) is 5.69 Å². The van der Waals surface area contributed by atoms with Crippen molar-refractivity contribution in [2.24, 2.45) is 0 Å². The van der Waals surface area contributed by atoms with Crippen LogP contribution >= 0.6 is 0 Å². The predicted molar refractivity (Wildman–Crippen MR) is 48.6 cm³/mol. The minimum absolute atomic E-state index is 0.0803. The molecule has 0 aliphatic heterocycles. The van der Waals surface area contributed by atoms with E-state index < -0.39 is 4.92 Å². The van der Waals surface area contributed by atoms with Crippen LogP contribution in [-0.4, -0.2) is 10.0 Å². The Morgan fingerprint density at radius 3 is 2.46 bits per heavy atom. The number of nitro benzene ring substituents is 1. The van der Waals surface area contributed by atoms with Crippen LogP contribution in [0.2, 0.25) is 0 Å². The summed E-state index contributed by atoms with van der Waals surface area (Å²) in [6.07, 6.45) is 3.11. The third-order valence-electron chi connectivity index (χ3n) is 1.61. The van der Waals surface area contributed by atoms with Gasteiger partial charge in [-0.1, -0.05) is 12.1 Å². The highest BCUT2D eigenvalue weighted by Gasteiger charge is 2.02. The summed E-state index contributed by atoms with van der Waals surface area (Å²) in [6, 6.07) is 6.22. The average molecular weight is 179 g/mol. The molecule has 0 atom stereocenters. The quantitative estimate of drug-likeness (QED) is 0.439. The molecule has 13 heavy (non-hydrogen) atoms. The van der Waals surface area contributed by atoms with E-state index in [4.69, 9.17) is 5.11 Å². The first-order valence-electron chi connectivity index (χ1n) is 3.76. The molecule has 4 nitrogen and oxygen atoms in total. The standard InChI is InChI=1S/C9H9NO3/c11-7-1-2-8-3-5-9(6-4-8)10(12)13/h1,3-7,11H,2H2. The lowest BCUT2D eigenvalue weighted by Crippen LogP contribution is -1.88. The summed E-state index contributed by atoms with van der Waals surface area (Å²) in [5.74, 6) is 0. The molecule has 0 fully saturated rings. The second-order valence-corrected chi connectivity index (χ2v) is 2.51. The summed E-state index contributed by atoms with van der Waals surface area (Å²) >= 11 is 0. The van der Waals surface area contributed by atoms with Crippen molar-refractivity contribution in [3.63, 3.8) is 0 Å². The number of nitro groups is 1. The Balaban J connectivity index is 2.75.